The van der Waals surface area contributed by atoms with Crippen LogP contribution in [0.25, 0.3) is 0 Å². The quantitative estimate of drug-likeness (QED) is 0.627. The summed E-state index contributed by atoms with van der Waals surface area (Å²) >= 11 is 0. The first-order valence-corrected chi connectivity index (χ1v) is 9.10. The van der Waals surface area contributed by atoms with E-state index in [-0.39, 0.29) is 11.6 Å². The van der Waals surface area contributed by atoms with Crippen LogP contribution in [-0.2, 0) is 0 Å². The van der Waals surface area contributed by atoms with Gasteiger partial charge in [-0.1, -0.05) is 64.1 Å². The molecule has 0 saturated heterocycles. The molecule has 2 unspecified atom stereocenters. The number of benzene rings is 2. The third kappa shape index (κ3) is 2.23. The van der Waals surface area contributed by atoms with Gasteiger partial charge in [0, 0.05) is 35.4 Å². The van der Waals surface area contributed by atoms with E-state index in [9.17, 15) is 1.37 Å². The van der Waals surface area contributed by atoms with Crippen molar-refractivity contribution in [2.75, 3.05) is 9.80 Å². The summed E-state index contributed by atoms with van der Waals surface area (Å²) in [4.78, 5) is 4.87. The fraction of sp³-hybridized carbons (Fsp3) is 0.391. The van der Waals surface area contributed by atoms with E-state index < -0.39 is 5.89 Å². The summed E-state index contributed by atoms with van der Waals surface area (Å²) in [5.74, 6) is -0.735. The molecule has 2 heteroatoms. The minimum atomic E-state index is -0.735. The Hall–Kier alpha value is -2.22. The molecule has 0 fully saturated rings. The third-order valence-electron chi connectivity index (χ3n) is 5.51. The first kappa shape index (κ1) is 15.1. The summed E-state index contributed by atoms with van der Waals surface area (Å²) < 4.78 is 9.20. The topological polar surface area (TPSA) is 6.48 Å². The largest absolute Gasteiger partial charge is 0.322 e. The Kier molecular flexibility index (Phi) is 3.25. The molecule has 25 heavy (non-hydrogen) atoms. The lowest BCUT2D eigenvalue weighted by atomic mass is 9.89. The summed E-state index contributed by atoms with van der Waals surface area (Å²) in [6.07, 6.45) is 0.145. The number of anilines is 2. The number of fused-ring (bicyclic) bond motifs is 3. The number of hydrogen-bond acceptors (Lipinski definition) is 2. The van der Waals surface area contributed by atoms with Crippen molar-refractivity contribution in [3.05, 3.63) is 71.1 Å². The zero-order valence-electron chi connectivity index (χ0n) is 17.1. The van der Waals surface area contributed by atoms with Gasteiger partial charge < -0.3 is 9.80 Å². The zero-order chi connectivity index (χ0) is 18.9. The Bertz CT molecular complexity index is 904. The van der Waals surface area contributed by atoms with Crippen LogP contribution in [0.5, 0.6) is 0 Å². The van der Waals surface area contributed by atoms with Crippen LogP contribution < -0.4 is 9.80 Å². The maximum Gasteiger partial charge on any atom is 0.115 e. The Balaban J connectivity index is 2.00. The van der Waals surface area contributed by atoms with Gasteiger partial charge in [0.05, 0.1) is 0 Å². The second-order valence-corrected chi connectivity index (χ2v) is 8.34. The number of nitrogens with zero attached hydrogens (tertiary/aromatic N) is 2. The Morgan fingerprint density at radius 2 is 1.48 bits per heavy atom. The van der Waals surface area contributed by atoms with Crippen LogP contribution in [-0.4, -0.2) is 6.17 Å². The molecule has 0 aliphatic carbocycles. The lowest BCUT2D eigenvalue weighted by molar-refractivity contribution is 0.323. The predicted molar refractivity (Wildman–Crippen MR) is 107 cm³/mol. The maximum absolute atomic E-state index is 9.20. The highest BCUT2D eigenvalue weighted by Crippen LogP contribution is 2.54. The second-order valence-electron chi connectivity index (χ2n) is 8.34. The van der Waals surface area contributed by atoms with Crippen LogP contribution in [0.2, 0.25) is 0 Å². The summed E-state index contributed by atoms with van der Waals surface area (Å²) in [7, 11) is 0. The molecule has 2 atom stereocenters. The van der Waals surface area contributed by atoms with E-state index in [0.717, 1.165) is 11.3 Å². The monoisotopic (exact) mass is 333 g/mol. The number of rotatable bonds is 1. The molecule has 2 nitrogen and oxygen atoms in total. The van der Waals surface area contributed by atoms with Crippen LogP contribution in [0.4, 0.5) is 11.4 Å². The van der Waals surface area contributed by atoms with Crippen molar-refractivity contribution in [2.24, 2.45) is 5.41 Å². The van der Waals surface area contributed by atoms with Crippen molar-refractivity contribution in [1.29, 1.82) is 0 Å². The van der Waals surface area contributed by atoms with Crippen LogP contribution in [0.15, 0.2) is 59.9 Å². The van der Waals surface area contributed by atoms with Crippen molar-refractivity contribution in [2.45, 2.75) is 53.6 Å². The molecular weight excluding hydrogens is 304 g/mol. The number of hydrogen-bond donors (Lipinski definition) is 0. The van der Waals surface area contributed by atoms with Gasteiger partial charge in [-0.25, -0.2) is 0 Å². The highest BCUT2D eigenvalue weighted by Gasteiger charge is 2.49. The number of aryl methyl sites for hydroxylation is 1. The Morgan fingerprint density at radius 3 is 2.12 bits per heavy atom. The van der Waals surface area contributed by atoms with Crippen molar-refractivity contribution >= 4 is 11.4 Å². The van der Waals surface area contributed by atoms with Gasteiger partial charge in [0.1, 0.15) is 6.17 Å². The summed E-state index contributed by atoms with van der Waals surface area (Å²) in [5.41, 5.74) is 7.10. The van der Waals surface area contributed by atoms with E-state index in [1.807, 2.05) is 6.92 Å². The van der Waals surface area contributed by atoms with Crippen LogP contribution in [0.3, 0.4) is 0 Å². The van der Waals surface area contributed by atoms with Crippen LogP contribution in [0, 0.1) is 12.3 Å². The average molecular weight is 333 g/mol. The van der Waals surface area contributed by atoms with Crippen molar-refractivity contribution in [1.82, 2.24) is 0 Å². The lowest BCUT2D eigenvalue weighted by Gasteiger charge is -2.42. The fourth-order valence-electron chi connectivity index (χ4n) is 4.46. The van der Waals surface area contributed by atoms with Gasteiger partial charge >= 0.3 is 0 Å². The van der Waals surface area contributed by atoms with E-state index in [1.54, 1.807) is 0 Å². The van der Waals surface area contributed by atoms with Gasteiger partial charge in [0.2, 0.25) is 0 Å². The van der Waals surface area contributed by atoms with Gasteiger partial charge in [0.25, 0.3) is 0 Å². The molecule has 0 spiro atoms. The molecule has 130 valence electrons. The summed E-state index contributed by atoms with van der Waals surface area (Å²) in [5, 5.41) is 0. The molecule has 4 rings (SSSR count). The highest BCUT2D eigenvalue weighted by molar-refractivity contribution is 5.76. The lowest BCUT2D eigenvalue weighted by Crippen LogP contribution is -2.49. The smallest absolute Gasteiger partial charge is 0.115 e. The van der Waals surface area contributed by atoms with Crippen molar-refractivity contribution < 1.29 is 1.37 Å². The molecule has 0 N–H and O–H groups in total. The second kappa shape index (κ2) is 5.39. The third-order valence-corrected chi connectivity index (χ3v) is 5.51. The molecule has 0 amide bonds. The van der Waals surface area contributed by atoms with E-state index in [0.29, 0.717) is 0 Å². The molecule has 2 aliphatic heterocycles. The van der Waals surface area contributed by atoms with E-state index in [2.05, 4.69) is 92.9 Å². The molecule has 0 aromatic heterocycles. The summed E-state index contributed by atoms with van der Waals surface area (Å²) in [6, 6.07) is 17.0. The van der Waals surface area contributed by atoms with Gasteiger partial charge in [0.15, 0.2) is 0 Å². The minimum absolute atomic E-state index is 0.0127. The number of para-hydroxylation sites is 2. The first-order valence-electron chi connectivity index (χ1n) is 9.60. The fourth-order valence-corrected chi connectivity index (χ4v) is 4.46. The molecule has 2 heterocycles. The Labute approximate surface area is 153 Å². The summed E-state index contributed by atoms with van der Waals surface area (Å²) in [6.45, 7) is 13.3. The normalized spacial score (nSPS) is 26.0. The van der Waals surface area contributed by atoms with Gasteiger partial charge in [-0.2, -0.15) is 0 Å². The first-order chi connectivity index (χ1) is 12.2. The Morgan fingerprint density at radius 1 is 0.880 bits per heavy atom. The molecule has 2 aromatic rings. The number of allylic oxidation sites excluding steroid dienone is 2. The maximum atomic E-state index is 9.20. The van der Waals surface area contributed by atoms with Crippen molar-refractivity contribution in [3.63, 3.8) is 0 Å². The van der Waals surface area contributed by atoms with Gasteiger partial charge in [-0.3, -0.25) is 0 Å². The van der Waals surface area contributed by atoms with E-state index >= 15 is 0 Å². The molecule has 2 aliphatic rings. The molecular formula is C23H28N2. The minimum Gasteiger partial charge on any atom is -0.322 e. The molecule has 0 bridgehead atoms. The van der Waals surface area contributed by atoms with Gasteiger partial charge in [-0.05, 0) is 37.1 Å². The van der Waals surface area contributed by atoms with E-state index in [1.165, 1.54) is 22.6 Å². The molecule has 2 aromatic carbocycles. The SMILES string of the molecule is [2H]C1(C)C2=C(C)N(c3ccccc3C)C(C(C)(C)C)N2c2ccccc21. The van der Waals surface area contributed by atoms with Crippen molar-refractivity contribution in [3.8, 4) is 0 Å². The predicted octanol–water partition coefficient (Wildman–Crippen LogP) is 6.04. The van der Waals surface area contributed by atoms with Crippen LogP contribution in [0.1, 0.15) is 53.0 Å². The molecule has 0 saturated carbocycles. The standard InChI is InChI=1S/C23H28N2/c1-15-11-7-9-13-19(15)24-17(3)21-16(2)18-12-8-10-14-20(18)25(21)22(24)23(4,5)6/h7-14,16,22H,1-6H3/i16D. The van der Waals surface area contributed by atoms with Gasteiger partial charge in [-0.15, -0.1) is 0 Å². The highest BCUT2D eigenvalue weighted by atomic mass is 15.4. The zero-order valence-corrected chi connectivity index (χ0v) is 16.1. The molecule has 0 radical (unpaired) electrons. The average Bonchev–Trinajstić information content (AvgIpc) is 3.00. The van der Waals surface area contributed by atoms with E-state index in [4.69, 9.17) is 0 Å². The van der Waals surface area contributed by atoms with Crippen LogP contribution >= 0.6 is 0 Å².